The van der Waals surface area contributed by atoms with Crippen LogP contribution in [0.1, 0.15) is 22.8 Å². The molecule has 3 rings (SSSR count). The predicted molar refractivity (Wildman–Crippen MR) is 110 cm³/mol. The van der Waals surface area contributed by atoms with E-state index in [1.165, 1.54) is 0 Å². The van der Waals surface area contributed by atoms with Crippen LogP contribution < -0.4 is 16.1 Å². The summed E-state index contributed by atoms with van der Waals surface area (Å²) in [5.74, 6) is -0.0861. The van der Waals surface area contributed by atoms with Crippen molar-refractivity contribution in [2.24, 2.45) is 0 Å². The Bertz CT molecular complexity index is 1000. The van der Waals surface area contributed by atoms with Crippen LogP contribution >= 0.6 is 11.6 Å². The van der Waals surface area contributed by atoms with Gasteiger partial charge in [0.2, 0.25) is 11.9 Å². The standard InChI is InChI=1S/C19H19ClN6O3/c1-2-29-16(27)12-7-5-8-14(10-12)22-18-23-17(24-19(25-18)26-28)21-11-13-6-3-4-9-15(13)20/h3-10,28H,2,11H2,1H3,(H3,21,22,23,24,25,26). The summed E-state index contributed by atoms with van der Waals surface area (Å²) >= 11 is 6.15. The Hall–Kier alpha value is -3.43. The van der Waals surface area contributed by atoms with E-state index in [9.17, 15) is 10.0 Å². The van der Waals surface area contributed by atoms with E-state index >= 15 is 0 Å². The lowest BCUT2D eigenvalue weighted by Gasteiger charge is -2.11. The second-order valence-electron chi connectivity index (χ2n) is 5.79. The van der Waals surface area contributed by atoms with Crippen LogP contribution in [0.4, 0.5) is 23.5 Å². The van der Waals surface area contributed by atoms with E-state index in [2.05, 4.69) is 25.6 Å². The molecule has 0 unspecified atom stereocenters. The zero-order valence-corrected chi connectivity index (χ0v) is 16.3. The normalized spacial score (nSPS) is 10.3. The minimum absolute atomic E-state index is 0.0503. The van der Waals surface area contributed by atoms with Crippen LogP contribution in [0, 0.1) is 0 Å². The largest absolute Gasteiger partial charge is 0.462 e. The van der Waals surface area contributed by atoms with Gasteiger partial charge in [0.25, 0.3) is 5.95 Å². The smallest absolute Gasteiger partial charge is 0.338 e. The maximum absolute atomic E-state index is 11.9. The van der Waals surface area contributed by atoms with Gasteiger partial charge >= 0.3 is 5.97 Å². The van der Waals surface area contributed by atoms with Crippen molar-refractivity contribution >= 4 is 41.1 Å². The lowest BCUT2D eigenvalue weighted by Crippen LogP contribution is -2.10. The number of carbonyl (C=O) groups is 1. The maximum Gasteiger partial charge on any atom is 0.338 e. The molecule has 0 amide bonds. The Morgan fingerprint density at radius 2 is 1.83 bits per heavy atom. The minimum Gasteiger partial charge on any atom is -0.462 e. The van der Waals surface area contributed by atoms with Crippen LogP contribution in [0.5, 0.6) is 0 Å². The number of anilines is 4. The minimum atomic E-state index is -0.424. The second kappa shape index (κ2) is 9.67. The third-order valence-corrected chi connectivity index (χ3v) is 4.13. The van der Waals surface area contributed by atoms with Crippen LogP contribution in [-0.4, -0.2) is 32.7 Å². The number of hydrogen-bond acceptors (Lipinski definition) is 9. The number of ether oxygens (including phenoxy) is 1. The van der Waals surface area contributed by atoms with Gasteiger partial charge in [0.15, 0.2) is 0 Å². The van der Waals surface area contributed by atoms with E-state index < -0.39 is 5.97 Å². The lowest BCUT2D eigenvalue weighted by molar-refractivity contribution is 0.0526. The van der Waals surface area contributed by atoms with Crippen molar-refractivity contribution in [3.8, 4) is 0 Å². The molecule has 3 aromatic rings. The summed E-state index contributed by atoms with van der Waals surface area (Å²) in [5.41, 5.74) is 3.74. The van der Waals surface area contributed by atoms with Crippen LogP contribution in [0.2, 0.25) is 5.02 Å². The van der Waals surface area contributed by atoms with Gasteiger partial charge in [-0.2, -0.15) is 15.0 Å². The van der Waals surface area contributed by atoms with Crippen molar-refractivity contribution in [2.45, 2.75) is 13.5 Å². The number of halogens is 1. The van der Waals surface area contributed by atoms with Crippen molar-refractivity contribution in [3.63, 3.8) is 0 Å². The van der Waals surface area contributed by atoms with Crippen LogP contribution in [0.25, 0.3) is 0 Å². The first-order chi connectivity index (χ1) is 14.1. The molecule has 0 spiro atoms. The molecule has 29 heavy (non-hydrogen) atoms. The first-order valence-corrected chi connectivity index (χ1v) is 9.14. The van der Waals surface area contributed by atoms with E-state index in [1.807, 2.05) is 23.7 Å². The van der Waals surface area contributed by atoms with E-state index in [4.69, 9.17) is 16.3 Å². The van der Waals surface area contributed by atoms with Crippen LogP contribution in [0.15, 0.2) is 48.5 Å². The van der Waals surface area contributed by atoms with E-state index in [0.29, 0.717) is 22.8 Å². The molecular formula is C19H19ClN6O3. The van der Waals surface area contributed by atoms with Gasteiger partial charge in [0.05, 0.1) is 12.2 Å². The molecule has 2 aromatic carbocycles. The van der Waals surface area contributed by atoms with Crippen molar-refractivity contribution < 1.29 is 14.7 Å². The molecule has 0 saturated heterocycles. The SMILES string of the molecule is CCOC(=O)c1cccc(Nc2nc(NO)nc(NCc3ccccc3Cl)n2)c1. The topological polar surface area (TPSA) is 121 Å². The molecule has 10 heteroatoms. The molecule has 0 fully saturated rings. The number of esters is 1. The second-order valence-corrected chi connectivity index (χ2v) is 6.20. The summed E-state index contributed by atoms with van der Waals surface area (Å²) in [7, 11) is 0. The first kappa shape index (κ1) is 20.3. The van der Waals surface area contributed by atoms with E-state index in [0.717, 1.165) is 5.56 Å². The van der Waals surface area contributed by atoms with Crippen LogP contribution in [-0.2, 0) is 11.3 Å². The fraction of sp³-hybridized carbons (Fsp3) is 0.158. The van der Waals surface area contributed by atoms with Crippen molar-refractivity contribution in [1.29, 1.82) is 0 Å². The molecule has 9 nitrogen and oxygen atoms in total. The molecule has 0 aliphatic carbocycles. The first-order valence-electron chi connectivity index (χ1n) is 8.76. The number of aromatic nitrogens is 3. The van der Waals surface area contributed by atoms with Gasteiger partial charge in [0, 0.05) is 17.3 Å². The highest BCUT2D eigenvalue weighted by Gasteiger charge is 2.10. The Kier molecular flexibility index (Phi) is 6.77. The van der Waals surface area contributed by atoms with E-state index in [-0.39, 0.29) is 24.5 Å². The Morgan fingerprint density at radius 1 is 1.07 bits per heavy atom. The predicted octanol–water partition coefficient (Wildman–Crippen LogP) is 3.86. The van der Waals surface area contributed by atoms with Crippen LogP contribution in [0.3, 0.4) is 0 Å². The summed E-state index contributed by atoms with van der Waals surface area (Å²) in [6.07, 6.45) is 0. The number of nitrogens with zero attached hydrogens (tertiary/aromatic N) is 3. The van der Waals surface area contributed by atoms with Gasteiger partial charge in [-0.05, 0) is 36.8 Å². The van der Waals surface area contributed by atoms with Gasteiger partial charge in [0.1, 0.15) is 0 Å². The number of carbonyl (C=O) groups excluding carboxylic acids is 1. The number of benzene rings is 2. The Balaban J connectivity index is 1.77. The summed E-state index contributed by atoms with van der Waals surface area (Å²) < 4.78 is 5.00. The van der Waals surface area contributed by atoms with Crippen molar-refractivity contribution in [3.05, 3.63) is 64.7 Å². The van der Waals surface area contributed by atoms with Gasteiger partial charge in [-0.1, -0.05) is 35.9 Å². The quantitative estimate of drug-likeness (QED) is 0.321. The lowest BCUT2D eigenvalue weighted by atomic mass is 10.2. The van der Waals surface area contributed by atoms with E-state index in [1.54, 1.807) is 37.3 Å². The molecule has 0 aliphatic heterocycles. The molecule has 4 N–H and O–H groups in total. The molecule has 0 atom stereocenters. The summed E-state index contributed by atoms with van der Waals surface area (Å²) in [5, 5.41) is 15.8. The fourth-order valence-electron chi connectivity index (χ4n) is 2.44. The van der Waals surface area contributed by atoms with Gasteiger partial charge in [-0.3, -0.25) is 5.21 Å². The zero-order valence-electron chi connectivity index (χ0n) is 15.5. The number of nitrogens with one attached hydrogen (secondary N) is 3. The molecule has 150 valence electrons. The molecule has 0 bridgehead atoms. The maximum atomic E-state index is 11.9. The average molecular weight is 415 g/mol. The Morgan fingerprint density at radius 3 is 2.59 bits per heavy atom. The van der Waals surface area contributed by atoms with Crippen molar-refractivity contribution in [2.75, 3.05) is 22.7 Å². The van der Waals surface area contributed by atoms with Crippen molar-refractivity contribution in [1.82, 2.24) is 15.0 Å². The summed E-state index contributed by atoms with van der Waals surface area (Å²) in [6, 6.07) is 14.1. The summed E-state index contributed by atoms with van der Waals surface area (Å²) in [4.78, 5) is 24.3. The zero-order chi connectivity index (χ0) is 20.6. The highest BCUT2D eigenvalue weighted by atomic mass is 35.5. The average Bonchev–Trinajstić information content (AvgIpc) is 2.73. The molecular weight excluding hydrogens is 396 g/mol. The third kappa shape index (κ3) is 5.53. The highest BCUT2D eigenvalue weighted by Crippen LogP contribution is 2.19. The third-order valence-electron chi connectivity index (χ3n) is 3.76. The Labute approximate surface area is 172 Å². The molecule has 0 radical (unpaired) electrons. The number of rotatable bonds is 8. The van der Waals surface area contributed by atoms with Gasteiger partial charge < -0.3 is 15.4 Å². The highest BCUT2D eigenvalue weighted by molar-refractivity contribution is 6.31. The monoisotopic (exact) mass is 414 g/mol. The summed E-state index contributed by atoms with van der Waals surface area (Å²) in [6.45, 7) is 2.41. The molecule has 0 saturated carbocycles. The fourth-order valence-corrected chi connectivity index (χ4v) is 2.65. The number of hydrogen-bond donors (Lipinski definition) is 4. The molecule has 1 aromatic heterocycles. The van der Waals surface area contributed by atoms with Gasteiger partial charge in [-0.15, -0.1) is 0 Å². The van der Waals surface area contributed by atoms with Gasteiger partial charge in [-0.25, -0.2) is 10.3 Å². The molecule has 0 aliphatic rings. The molecule has 1 heterocycles.